The molecule has 2 saturated heterocycles. The molecule has 6 nitrogen and oxygen atoms in total. The lowest BCUT2D eigenvalue weighted by Gasteiger charge is -2.36. The van der Waals surface area contributed by atoms with Crippen LogP contribution in [0.3, 0.4) is 0 Å². The number of rotatable bonds is 9. The van der Waals surface area contributed by atoms with Crippen molar-refractivity contribution in [3.8, 4) is 0 Å². The van der Waals surface area contributed by atoms with Crippen LogP contribution in [-0.2, 0) is 4.79 Å². The molecule has 36 heavy (non-hydrogen) atoms. The van der Waals surface area contributed by atoms with Gasteiger partial charge in [-0.05, 0) is 49.3 Å². The van der Waals surface area contributed by atoms with Crippen LogP contribution in [0.5, 0.6) is 0 Å². The third kappa shape index (κ3) is 5.86. The number of carbonyl (C=O) groups is 1. The zero-order valence-corrected chi connectivity index (χ0v) is 23.6. The van der Waals surface area contributed by atoms with Crippen molar-refractivity contribution in [1.29, 1.82) is 0 Å². The summed E-state index contributed by atoms with van der Waals surface area (Å²) in [6, 6.07) is 3.83. The van der Waals surface area contributed by atoms with Gasteiger partial charge in [0.15, 0.2) is 0 Å². The average molecular weight is 527 g/mol. The van der Waals surface area contributed by atoms with E-state index in [1.165, 1.54) is 37.4 Å². The second kappa shape index (κ2) is 11.9. The lowest BCUT2D eigenvalue weighted by molar-refractivity contribution is -0.122. The smallest absolute Gasteiger partial charge is 0.267 e. The fourth-order valence-electron chi connectivity index (χ4n) is 5.38. The average Bonchev–Trinajstić information content (AvgIpc) is 3.10. The second-order valence-corrected chi connectivity index (χ2v) is 12.2. The molecular weight excluding hydrogens is 488 g/mol. The molecule has 0 aromatic carbocycles. The van der Waals surface area contributed by atoms with Crippen molar-refractivity contribution in [2.45, 2.75) is 72.6 Å². The number of thioether (sulfide) groups is 1. The Balaban J connectivity index is 1.66. The molecule has 2 atom stereocenters. The van der Waals surface area contributed by atoms with Gasteiger partial charge in [0.2, 0.25) is 0 Å². The van der Waals surface area contributed by atoms with Gasteiger partial charge in [-0.3, -0.25) is 18.9 Å². The van der Waals surface area contributed by atoms with Gasteiger partial charge in [-0.1, -0.05) is 82.9 Å². The molecule has 2 fully saturated rings. The third-order valence-corrected chi connectivity index (χ3v) is 8.49. The van der Waals surface area contributed by atoms with Gasteiger partial charge in [0.05, 0.1) is 10.5 Å². The van der Waals surface area contributed by atoms with Crippen LogP contribution in [0, 0.1) is 18.8 Å². The molecule has 0 bridgehead atoms. The number of carbonyl (C=O) groups excluding carboxylic acids is 1. The number of piperidine rings is 1. The molecule has 0 radical (unpaired) electrons. The summed E-state index contributed by atoms with van der Waals surface area (Å²) in [4.78, 5) is 36.5. The summed E-state index contributed by atoms with van der Waals surface area (Å²) in [6.45, 7) is 11.0. The van der Waals surface area contributed by atoms with E-state index < -0.39 is 0 Å². The van der Waals surface area contributed by atoms with Gasteiger partial charge < -0.3 is 4.90 Å². The van der Waals surface area contributed by atoms with Gasteiger partial charge in [0.25, 0.3) is 11.5 Å². The molecule has 194 valence electrons. The molecule has 0 spiro atoms. The Morgan fingerprint density at radius 3 is 2.53 bits per heavy atom. The van der Waals surface area contributed by atoms with Crippen molar-refractivity contribution < 1.29 is 4.79 Å². The fourth-order valence-corrected chi connectivity index (χ4v) is 6.67. The molecule has 2 aromatic heterocycles. The number of fused-ring (bicyclic) bond motifs is 1. The Kier molecular flexibility index (Phi) is 8.88. The van der Waals surface area contributed by atoms with E-state index in [1.807, 2.05) is 19.1 Å². The Hall–Kier alpha value is -2.19. The molecular formula is C28H38N4O2S2. The van der Waals surface area contributed by atoms with E-state index >= 15 is 0 Å². The molecule has 0 N–H and O–H groups in total. The minimum absolute atomic E-state index is 0.0985. The number of pyridine rings is 1. The van der Waals surface area contributed by atoms with Crippen molar-refractivity contribution in [1.82, 2.24) is 14.3 Å². The van der Waals surface area contributed by atoms with Crippen molar-refractivity contribution in [3.05, 3.63) is 44.7 Å². The molecule has 1 amide bonds. The highest BCUT2D eigenvalue weighted by Gasteiger charge is 2.33. The lowest BCUT2D eigenvalue weighted by atomic mass is 9.91. The molecule has 4 heterocycles. The van der Waals surface area contributed by atoms with Crippen LogP contribution in [0.2, 0.25) is 0 Å². The van der Waals surface area contributed by atoms with Crippen LogP contribution in [0.25, 0.3) is 11.7 Å². The Bertz CT molecular complexity index is 1210. The number of unbranched alkanes of at least 4 members (excludes halogenated alkanes) is 5. The van der Waals surface area contributed by atoms with E-state index in [4.69, 9.17) is 17.2 Å². The van der Waals surface area contributed by atoms with E-state index in [9.17, 15) is 9.59 Å². The van der Waals surface area contributed by atoms with E-state index in [0.717, 1.165) is 37.9 Å². The quantitative estimate of drug-likeness (QED) is 0.225. The lowest BCUT2D eigenvalue weighted by Crippen LogP contribution is -2.40. The maximum absolute atomic E-state index is 13.7. The van der Waals surface area contributed by atoms with Crippen molar-refractivity contribution >= 4 is 51.7 Å². The van der Waals surface area contributed by atoms with Gasteiger partial charge in [-0.2, -0.15) is 0 Å². The molecule has 2 aromatic rings. The number of aryl methyl sites for hydroxylation is 1. The Morgan fingerprint density at radius 1 is 1.11 bits per heavy atom. The number of aromatic nitrogens is 2. The first-order valence-electron chi connectivity index (χ1n) is 13.3. The number of nitrogens with zero attached hydrogens (tertiary/aromatic N) is 4. The molecule has 2 aliphatic heterocycles. The maximum atomic E-state index is 13.7. The monoisotopic (exact) mass is 526 g/mol. The summed E-state index contributed by atoms with van der Waals surface area (Å²) in [6.07, 6.45) is 11.6. The van der Waals surface area contributed by atoms with Crippen molar-refractivity contribution in [2.75, 3.05) is 24.5 Å². The minimum atomic E-state index is -0.147. The predicted octanol–water partition coefficient (Wildman–Crippen LogP) is 6.05. The highest BCUT2D eigenvalue weighted by atomic mass is 32.2. The van der Waals surface area contributed by atoms with Crippen LogP contribution < -0.4 is 10.5 Å². The van der Waals surface area contributed by atoms with E-state index in [0.29, 0.717) is 44.6 Å². The van der Waals surface area contributed by atoms with Gasteiger partial charge in [-0.15, -0.1) is 0 Å². The minimum Gasteiger partial charge on any atom is -0.355 e. The third-order valence-electron chi connectivity index (χ3n) is 7.12. The topological polar surface area (TPSA) is 57.9 Å². The molecule has 4 rings (SSSR count). The summed E-state index contributed by atoms with van der Waals surface area (Å²) in [5.74, 6) is 1.59. The van der Waals surface area contributed by atoms with Crippen LogP contribution >= 0.6 is 24.0 Å². The zero-order chi connectivity index (χ0) is 25.8. The number of hydrogen-bond acceptors (Lipinski definition) is 6. The summed E-state index contributed by atoms with van der Waals surface area (Å²) in [5, 5.41) is 0. The van der Waals surface area contributed by atoms with Crippen LogP contribution in [-0.4, -0.2) is 44.1 Å². The number of hydrogen-bond donors (Lipinski definition) is 0. The molecule has 2 aliphatic rings. The molecule has 2 unspecified atom stereocenters. The van der Waals surface area contributed by atoms with E-state index in [-0.39, 0.29) is 11.5 Å². The number of amides is 1. The predicted molar refractivity (Wildman–Crippen MR) is 155 cm³/mol. The normalized spacial score (nSPS) is 21.8. The fraction of sp³-hybridized carbons (Fsp3) is 0.571. The van der Waals surface area contributed by atoms with Crippen molar-refractivity contribution in [2.24, 2.45) is 11.8 Å². The molecule has 0 aliphatic carbocycles. The van der Waals surface area contributed by atoms with Crippen molar-refractivity contribution in [3.63, 3.8) is 0 Å². The number of anilines is 1. The standard InChI is InChI=1S/C28H38N4O2S2/c1-5-6-7-8-9-10-13-32-27(34)23(36-28(32)35)16-22-25(30-17-19(2)15-20(3)18-30)29-24-21(4)12-11-14-31(24)26(22)33/h11-12,14,16,19-20H,5-10,13,15,17-18H2,1-4H3/b23-16-. The molecule has 0 saturated carbocycles. The first kappa shape index (κ1) is 26.9. The first-order chi connectivity index (χ1) is 17.3. The van der Waals surface area contributed by atoms with E-state index in [2.05, 4.69) is 25.7 Å². The van der Waals surface area contributed by atoms with Crippen LogP contribution in [0.4, 0.5) is 5.82 Å². The van der Waals surface area contributed by atoms with Gasteiger partial charge in [0, 0.05) is 25.8 Å². The van der Waals surface area contributed by atoms with Gasteiger partial charge >= 0.3 is 0 Å². The Morgan fingerprint density at radius 2 is 1.81 bits per heavy atom. The van der Waals surface area contributed by atoms with Crippen LogP contribution in [0.15, 0.2) is 28.0 Å². The van der Waals surface area contributed by atoms with Gasteiger partial charge in [-0.25, -0.2) is 4.98 Å². The van der Waals surface area contributed by atoms with E-state index in [1.54, 1.807) is 21.6 Å². The highest BCUT2D eigenvalue weighted by molar-refractivity contribution is 8.26. The zero-order valence-electron chi connectivity index (χ0n) is 22.0. The maximum Gasteiger partial charge on any atom is 0.267 e. The molecule has 8 heteroatoms. The summed E-state index contributed by atoms with van der Waals surface area (Å²) in [7, 11) is 0. The second-order valence-electron chi connectivity index (χ2n) is 10.5. The van der Waals surface area contributed by atoms with Crippen LogP contribution in [0.1, 0.15) is 76.8 Å². The number of thiocarbonyl (C=S) groups is 1. The van der Waals surface area contributed by atoms with Gasteiger partial charge in [0.1, 0.15) is 15.8 Å². The largest absolute Gasteiger partial charge is 0.355 e. The SMILES string of the molecule is CCCCCCCCN1C(=O)/C(=C/c2c(N3CC(C)CC(C)C3)nc3c(C)cccn3c2=O)SC1=S. The summed E-state index contributed by atoms with van der Waals surface area (Å²) in [5.41, 5.74) is 1.94. The summed E-state index contributed by atoms with van der Waals surface area (Å²) >= 11 is 6.86. The first-order valence-corrected chi connectivity index (χ1v) is 14.5. The Labute approximate surface area is 224 Å². The summed E-state index contributed by atoms with van der Waals surface area (Å²) < 4.78 is 2.17. The highest BCUT2D eigenvalue weighted by Crippen LogP contribution is 2.35.